The molecule has 0 atom stereocenters. The highest BCUT2D eigenvalue weighted by molar-refractivity contribution is 5.72. The summed E-state index contributed by atoms with van der Waals surface area (Å²) in [5.41, 5.74) is 6.40. The molecule has 1 aromatic carbocycles. The minimum Gasteiger partial charge on any atom is -0.497 e. The van der Waals surface area contributed by atoms with Crippen LogP contribution in [-0.4, -0.2) is 35.1 Å². The first-order chi connectivity index (χ1) is 12.6. The van der Waals surface area contributed by atoms with Gasteiger partial charge < -0.3 is 20.7 Å². The first-order valence-corrected chi connectivity index (χ1v) is 8.56. The van der Waals surface area contributed by atoms with Crippen molar-refractivity contribution in [1.82, 2.24) is 9.97 Å². The Morgan fingerprint density at radius 2 is 1.81 bits per heavy atom. The second kappa shape index (κ2) is 7.85. The van der Waals surface area contributed by atoms with Crippen LogP contribution in [0.3, 0.4) is 0 Å². The average Bonchev–Trinajstić information content (AvgIpc) is 2.91. The van der Waals surface area contributed by atoms with Crippen molar-refractivity contribution in [3.8, 4) is 5.75 Å². The maximum atomic E-state index is 11.5. The summed E-state index contributed by atoms with van der Waals surface area (Å²) >= 11 is 0. The van der Waals surface area contributed by atoms with E-state index >= 15 is 0 Å². The van der Waals surface area contributed by atoms with Crippen LogP contribution >= 0.6 is 0 Å². The van der Waals surface area contributed by atoms with Gasteiger partial charge in [0.05, 0.1) is 12.0 Å². The Morgan fingerprint density at radius 3 is 2.38 bits per heavy atom. The number of anilines is 4. The molecule has 1 fully saturated rings. The molecule has 0 aliphatic carbocycles. The maximum absolute atomic E-state index is 11.5. The number of rotatable bonds is 5. The van der Waals surface area contributed by atoms with Gasteiger partial charge in [-0.25, -0.2) is 0 Å². The first kappa shape index (κ1) is 17.7. The van der Waals surface area contributed by atoms with E-state index in [1.807, 2.05) is 17.0 Å². The Bertz CT molecular complexity index is 773. The van der Waals surface area contributed by atoms with E-state index in [0.29, 0.717) is 0 Å². The van der Waals surface area contributed by atoms with Crippen molar-refractivity contribution in [3.05, 3.63) is 34.4 Å². The number of nitrogens with one attached hydrogen (secondary N) is 1. The number of hydrogen-bond donors (Lipinski definition) is 2. The lowest BCUT2D eigenvalue weighted by Gasteiger charge is -2.22. The molecular weight excluding hydrogens is 336 g/mol. The number of methoxy groups -OCH3 is 1. The van der Waals surface area contributed by atoms with E-state index in [4.69, 9.17) is 10.5 Å². The lowest BCUT2D eigenvalue weighted by Crippen LogP contribution is -2.26. The minimum absolute atomic E-state index is 0.139. The zero-order chi connectivity index (χ0) is 18.5. The lowest BCUT2D eigenvalue weighted by molar-refractivity contribution is -0.383. The molecule has 26 heavy (non-hydrogen) atoms. The zero-order valence-electron chi connectivity index (χ0n) is 14.6. The lowest BCUT2D eigenvalue weighted by atomic mass is 10.2. The fraction of sp³-hybridized carbons (Fsp3) is 0.412. The fourth-order valence-electron chi connectivity index (χ4n) is 3.00. The van der Waals surface area contributed by atoms with E-state index < -0.39 is 4.92 Å². The number of nitrogen functional groups attached to an aromatic ring is 1. The molecule has 0 saturated carbocycles. The van der Waals surface area contributed by atoms with Crippen molar-refractivity contribution < 1.29 is 9.66 Å². The molecule has 1 aliphatic heterocycles. The first-order valence-electron chi connectivity index (χ1n) is 8.56. The molecule has 0 unspecified atom stereocenters. The second-order valence-electron chi connectivity index (χ2n) is 6.12. The van der Waals surface area contributed by atoms with Crippen molar-refractivity contribution >= 4 is 29.0 Å². The number of ether oxygens (including phenoxy) is 1. The summed E-state index contributed by atoms with van der Waals surface area (Å²) in [5.74, 6) is 1.10. The van der Waals surface area contributed by atoms with Crippen LogP contribution in [-0.2, 0) is 0 Å². The van der Waals surface area contributed by atoms with E-state index in [-0.39, 0.29) is 23.3 Å². The highest BCUT2D eigenvalue weighted by Crippen LogP contribution is 2.34. The summed E-state index contributed by atoms with van der Waals surface area (Å²) in [4.78, 5) is 21.4. The number of nitrogens with zero attached hydrogens (tertiary/aromatic N) is 4. The maximum Gasteiger partial charge on any atom is 0.353 e. The van der Waals surface area contributed by atoms with E-state index in [9.17, 15) is 10.1 Å². The van der Waals surface area contributed by atoms with Crippen LogP contribution in [0.2, 0.25) is 0 Å². The normalized spacial score (nSPS) is 14.6. The van der Waals surface area contributed by atoms with Gasteiger partial charge >= 0.3 is 5.69 Å². The van der Waals surface area contributed by atoms with Crippen LogP contribution in [0.5, 0.6) is 5.75 Å². The van der Waals surface area contributed by atoms with Crippen LogP contribution in [0.15, 0.2) is 24.3 Å². The van der Waals surface area contributed by atoms with Crippen molar-refractivity contribution in [2.45, 2.75) is 25.7 Å². The predicted molar refractivity (Wildman–Crippen MR) is 100 cm³/mol. The molecule has 2 heterocycles. The van der Waals surface area contributed by atoms with Gasteiger partial charge in [-0.1, -0.05) is 12.8 Å². The smallest absolute Gasteiger partial charge is 0.353 e. The topological polar surface area (TPSA) is 119 Å². The molecule has 3 N–H and O–H groups in total. The monoisotopic (exact) mass is 358 g/mol. The molecule has 2 aromatic rings. The Balaban J connectivity index is 1.94. The van der Waals surface area contributed by atoms with Gasteiger partial charge in [0.2, 0.25) is 17.6 Å². The summed E-state index contributed by atoms with van der Waals surface area (Å²) in [5, 5.41) is 14.5. The minimum atomic E-state index is -0.507. The Kier molecular flexibility index (Phi) is 5.35. The van der Waals surface area contributed by atoms with Gasteiger partial charge in [0.1, 0.15) is 5.75 Å². The van der Waals surface area contributed by atoms with Gasteiger partial charge in [-0.15, -0.1) is 0 Å². The van der Waals surface area contributed by atoms with E-state index in [2.05, 4.69) is 15.3 Å². The predicted octanol–water partition coefficient (Wildman–Crippen LogP) is 3.10. The number of nitrogens with two attached hydrogens (primary N) is 1. The van der Waals surface area contributed by atoms with Gasteiger partial charge in [0.15, 0.2) is 0 Å². The third-order valence-corrected chi connectivity index (χ3v) is 4.33. The SMILES string of the molecule is COc1ccc(Nc2nc(N)c([N+](=O)[O-])c(N3CCCCCC3)n2)cc1. The van der Waals surface area contributed by atoms with Gasteiger partial charge in [0.25, 0.3) is 0 Å². The van der Waals surface area contributed by atoms with Gasteiger partial charge in [-0.05, 0) is 37.1 Å². The largest absolute Gasteiger partial charge is 0.497 e. The molecule has 0 amide bonds. The van der Waals surface area contributed by atoms with Crippen molar-refractivity contribution in [2.75, 3.05) is 36.1 Å². The molecular formula is C17H22N6O3. The highest BCUT2D eigenvalue weighted by Gasteiger charge is 2.27. The number of nitro groups is 1. The van der Waals surface area contributed by atoms with Crippen LogP contribution in [0, 0.1) is 10.1 Å². The van der Waals surface area contributed by atoms with Gasteiger partial charge in [-0.3, -0.25) is 10.1 Å². The second-order valence-corrected chi connectivity index (χ2v) is 6.12. The van der Waals surface area contributed by atoms with Crippen LogP contribution in [0.25, 0.3) is 0 Å². The van der Waals surface area contributed by atoms with Gasteiger partial charge in [0, 0.05) is 18.8 Å². The standard InChI is InChI=1S/C17H22N6O3/c1-26-13-8-6-12(7-9-13)19-17-20-15(18)14(23(24)25)16(21-17)22-10-4-2-3-5-11-22/h6-9H,2-5,10-11H2,1H3,(H3,18,19,20,21). The summed E-state index contributed by atoms with van der Waals surface area (Å²) in [6, 6.07) is 7.22. The highest BCUT2D eigenvalue weighted by atomic mass is 16.6. The number of aromatic nitrogens is 2. The molecule has 1 aromatic heterocycles. The zero-order valence-corrected chi connectivity index (χ0v) is 14.6. The van der Waals surface area contributed by atoms with Gasteiger partial charge in [-0.2, -0.15) is 9.97 Å². The number of benzene rings is 1. The molecule has 3 rings (SSSR count). The molecule has 9 heteroatoms. The van der Waals surface area contributed by atoms with Crippen LogP contribution in [0.4, 0.5) is 29.0 Å². The average molecular weight is 358 g/mol. The Hall–Kier alpha value is -3.10. The molecule has 1 saturated heterocycles. The Labute approximate surface area is 151 Å². The third-order valence-electron chi connectivity index (χ3n) is 4.33. The number of hydrogen-bond acceptors (Lipinski definition) is 8. The van der Waals surface area contributed by atoms with Crippen molar-refractivity contribution in [2.24, 2.45) is 0 Å². The van der Waals surface area contributed by atoms with Crippen LogP contribution in [0.1, 0.15) is 25.7 Å². The van der Waals surface area contributed by atoms with E-state index in [1.54, 1.807) is 19.2 Å². The molecule has 0 bridgehead atoms. The quantitative estimate of drug-likeness (QED) is 0.618. The molecule has 138 valence electrons. The summed E-state index contributed by atoms with van der Waals surface area (Å²) in [6.45, 7) is 1.44. The van der Waals surface area contributed by atoms with Crippen molar-refractivity contribution in [1.29, 1.82) is 0 Å². The van der Waals surface area contributed by atoms with Crippen molar-refractivity contribution in [3.63, 3.8) is 0 Å². The van der Waals surface area contributed by atoms with Crippen LogP contribution < -0.4 is 20.7 Å². The molecule has 0 radical (unpaired) electrons. The molecule has 9 nitrogen and oxygen atoms in total. The summed E-state index contributed by atoms with van der Waals surface area (Å²) in [7, 11) is 1.59. The third kappa shape index (κ3) is 3.93. The van der Waals surface area contributed by atoms with E-state index in [1.165, 1.54) is 0 Å². The Morgan fingerprint density at radius 1 is 1.15 bits per heavy atom. The molecule has 0 spiro atoms. The summed E-state index contributed by atoms with van der Waals surface area (Å²) < 4.78 is 5.13. The fourth-order valence-corrected chi connectivity index (χ4v) is 3.00. The summed E-state index contributed by atoms with van der Waals surface area (Å²) in [6.07, 6.45) is 4.17. The van der Waals surface area contributed by atoms with E-state index in [0.717, 1.165) is 50.2 Å². The molecule has 1 aliphatic rings.